The zero-order valence-corrected chi connectivity index (χ0v) is 7.42. The van der Waals surface area contributed by atoms with Crippen molar-refractivity contribution in [2.75, 3.05) is 12.0 Å². The molecule has 2 nitrogen and oxygen atoms in total. The van der Waals surface area contributed by atoms with Crippen LogP contribution in [0.15, 0.2) is 18.2 Å². The lowest BCUT2D eigenvalue weighted by atomic mass is 10.0. The third kappa shape index (κ3) is 1.13. The van der Waals surface area contributed by atoms with Gasteiger partial charge >= 0.3 is 0 Å². The van der Waals surface area contributed by atoms with E-state index in [1.165, 1.54) is 5.56 Å². The Morgan fingerprint density at radius 2 is 2.25 bits per heavy atom. The number of benzene rings is 1. The maximum atomic E-state index is 5.38. The molecule has 64 valence electrons. The second kappa shape index (κ2) is 2.70. The molecule has 0 atom stereocenters. The van der Waals surface area contributed by atoms with Crippen LogP contribution in [0, 0.1) is 0 Å². The van der Waals surface area contributed by atoms with Crippen LogP contribution < -0.4 is 10.1 Å². The summed E-state index contributed by atoms with van der Waals surface area (Å²) < 4.78 is 5.38. The van der Waals surface area contributed by atoms with E-state index in [1.807, 2.05) is 0 Å². The van der Waals surface area contributed by atoms with Crippen molar-refractivity contribution in [1.29, 1.82) is 0 Å². The van der Waals surface area contributed by atoms with E-state index in [0.717, 1.165) is 11.4 Å². The molecular weight excluding hydrogens is 150 g/mol. The van der Waals surface area contributed by atoms with E-state index >= 15 is 0 Å². The van der Waals surface area contributed by atoms with E-state index in [-0.39, 0.29) is 0 Å². The van der Waals surface area contributed by atoms with Gasteiger partial charge in [0.25, 0.3) is 0 Å². The highest BCUT2D eigenvalue weighted by Crippen LogP contribution is 2.31. The van der Waals surface area contributed by atoms with E-state index < -0.39 is 0 Å². The summed E-state index contributed by atoms with van der Waals surface area (Å²) in [4.78, 5) is 0. The summed E-state index contributed by atoms with van der Waals surface area (Å²) in [5.41, 5.74) is 2.44. The summed E-state index contributed by atoms with van der Waals surface area (Å²) in [5, 5.41) is 3.14. The van der Waals surface area contributed by atoms with Gasteiger partial charge < -0.3 is 10.1 Å². The van der Waals surface area contributed by atoms with Crippen molar-refractivity contribution in [3.63, 3.8) is 0 Å². The molecule has 1 aromatic rings. The van der Waals surface area contributed by atoms with Crippen molar-refractivity contribution in [3.8, 4) is 5.75 Å². The Bertz CT molecular complexity index is 294. The van der Waals surface area contributed by atoms with Crippen LogP contribution in [0.25, 0.3) is 0 Å². The van der Waals surface area contributed by atoms with Gasteiger partial charge in [-0.05, 0) is 23.6 Å². The van der Waals surface area contributed by atoms with E-state index in [0.29, 0.717) is 12.6 Å². The summed E-state index contributed by atoms with van der Waals surface area (Å²) in [6.07, 6.45) is 0. The van der Waals surface area contributed by atoms with Crippen molar-refractivity contribution in [3.05, 3.63) is 23.8 Å². The fraction of sp³-hybridized carbons (Fsp3) is 0.400. The molecule has 0 saturated carbocycles. The van der Waals surface area contributed by atoms with Gasteiger partial charge in [0, 0.05) is 0 Å². The maximum absolute atomic E-state index is 5.38. The van der Waals surface area contributed by atoms with Gasteiger partial charge in [0.1, 0.15) is 5.75 Å². The summed E-state index contributed by atoms with van der Waals surface area (Å²) in [5.74, 6) is 1.56. The van der Waals surface area contributed by atoms with Crippen molar-refractivity contribution in [1.82, 2.24) is 0 Å². The minimum absolute atomic E-state index is 0.569. The third-order valence-electron chi connectivity index (χ3n) is 2.16. The van der Waals surface area contributed by atoms with Gasteiger partial charge in [-0.3, -0.25) is 0 Å². The monoisotopic (exact) mass is 163 g/mol. The Morgan fingerprint density at radius 3 is 3.00 bits per heavy atom. The molecule has 0 bridgehead atoms. The second-order valence-corrected chi connectivity index (χ2v) is 3.38. The van der Waals surface area contributed by atoms with Crippen LogP contribution in [0.5, 0.6) is 5.75 Å². The van der Waals surface area contributed by atoms with Gasteiger partial charge in [-0.1, -0.05) is 19.9 Å². The highest BCUT2D eigenvalue weighted by atomic mass is 16.5. The zero-order chi connectivity index (χ0) is 8.55. The minimum atomic E-state index is 0.569. The molecule has 12 heavy (non-hydrogen) atoms. The predicted octanol–water partition coefficient (Wildman–Crippen LogP) is 2.57. The smallest absolute Gasteiger partial charge is 0.159 e. The molecule has 1 aliphatic rings. The van der Waals surface area contributed by atoms with Crippen LogP contribution >= 0.6 is 0 Å². The molecule has 0 amide bonds. The first-order valence-corrected chi connectivity index (χ1v) is 4.28. The summed E-state index contributed by atoms with van der Waals surface area (Å²) >= 11 is 0. The third-order valence-corrected chi connectivity index (χ3v) is 2.16. The normalized spacial score (nSPS) is 13.9. The Hall–Kier alpha value is -1.18. The average molecular weight is 163 g/mol. The Kier molecular flexibility index (Phi) is 1.68. The molecule has 1 aromatic carbocycles. The Morgan fingerprint density at radius 1 is 1.42 bits per heavy atom. The van der Waals surface area contributed by atoms with Gasteiger partial charge in [-0.15, -0.1) is 0 Å². The first-order chi connectivity index (χ1) is 5.77. The molecule has 0 radical (unpaired) electrons. The number of hydrogen-bond donors (Lipinski definition) is 1. The summed E-state index contributed by atoms with van der Waals surface area (Å²) in [7, 11) is 0. The molecule has 2 rings (SSSR count). The highest BCUT2D eigenvalue weighted by molar-refractivity contribution is 5.60. The topological polar surface area (TPSA) is 21.3 Å². The zero-order valence-electron chi connectivity index (χ0n) is 7.42. The molecule has 0 spiro atoms. The van der Waals surface area contributed by atoms with Crippen molar-refractivity contribution >= 4 is 5.69 Å². The van der Waals surface area contributed by atoms with Crippen LogP contribution in [0.1, 0.15) is 25.3 Å². The van der Waals surface area contributed by atoms with Gasteiger partial charge in [0.05, 0.1) is 5.69 Å². The summed E-state index contributed by atoms with van der Waals surface area (Å²) in [6, 6.07) is 6.34. The van der Waals surface area contributed by atoms with E-state index in [4.69, 9.17) is 4.74 Å². The highest BCUT2D eigenvalue weighted by Gasteiger charge is 2.11. The van der Waals surface area contributed by atoms with E-state index in [2.05, 4.69) is 37.4 Å². The van der Waals surface area contributed by atoms with Gasteiger partial charge in [0.2, 0.25) is 0 Å². The van der Waals surface area contributed by atoms with Crippen molar-refractivity contribution < 1.29 is 4.74 Å². The number of fused-ring (bicyclic) bond motifs is 1. The molecule has 0 fully saturated rings. The van der Waals surface area contributed by atoms with Crippen LogP contribution in [0.3, 0.4) is 0 Å². The van der Waals surface area contributed by atoms with Gasteiger partial charge in [-0.2, -0.15) is 0 Å². The largest absolute Gasteiger partial charge is 0.471 e. The first kappa shape index (κ1) is 7.47. The quantitative estimate of drug-likeness (QED) is 0.687. The van der Waals surface area contributed by atoms with Crippen LogP contribution in [0.2, 0.25) is 0 Å². The Balaban J connectivity index is 2.39. The molecule has 2 heteroatoms. The lowest BCUT2D eigenvalue weighted by Crippen LogP contribution is -1.96. The minimum Gasteiger partial charge on any atom is -0.471 e. The number of anilines is 1. The molecular formula is C10H13NO. The number of hydrogen-bond acceptors (Lipinski definition) is 2. The average Bonchev–Trinajstić information content (AvgIpc) is 2.49. The predicted molar refractivity (Wildman–Crippen MR) is 49.6 cm³/mol. The lowest BCUT2D eigenvalue weighted by molar-refractivity contribution is 0.372. The molecule has 1 aliphatic heterocycles. The fourth-order valence-corrected chi connectivity index (χ4v) is 1.36. The summed E-state index contributed by atoms with van der Waals surface area (Å²) in [6.45, 7) is 4.98. The molecule has 0 aliphatic carbocycles. The lowest BCUT2D eigenvalue weighted by Gasteiger charge is -2.05. The number of rotatable bonds is 1. The van der Waals surface area contributed by atoms with Crippen molar-refractivity contribution in [2.24, 2.45) is 0 Å². The molecule has 0 unspecified atom stereocenters. The maximum Gasteiger partial charge on any atom is 0.159 e. The molecule has 0 aromatic heterocycles. The van der Waals surface area contributed by atoms with Crippen LogP contribution in [-0.2, 0) is 0 Å². The number of ether oxygens (including phenoxy) is 1. The number of nitrogens with one attached hydrogen (secondary N) is 1. The van der Waals surface area contributed by atoms with E-state index in [1.54, 1.807) is 0 Å². The Labute approximate surface area is 72.5 Å². The van der Waals surface area contributed by atoms with Crippen LogP contribution in [-0.4, -0.2) is 6.73 Å². The SMILES string of the molecule is CC(C)c1ccc2c(c1)OCN2. The van der Waals surface area contributed by atoms with Crippen molar-refractivity contribution in [2.45, 2.75) is 19.8 Å². The first-order valence-electron chi connectivity index (χ1n) is 4.28. The molecule has 1 N–H and O–H groups in total. The standard InChI is InChI=1S/C10H13NO/c1-7(2)8-3-4-9-10(5-8)12-6-11-9/h3-5,7,11H,6H2,1-2H3. The fourth-order valence-electron chi connectivity index (χ4n) is 1.36. The second-order valence-electron chi connectivity index (χ2n) is 3.38. The van der Waals surface area contributed by atoms with Gasteiger partial charge in [-0.25, -0.2) is 0 Å². The van der Waals surface area contributed by atoms with Gasteiger partial charge in [0.15, 0.2) is 6.73 Å². The van der Waals surface area contributed by atoms with Crippen LogP contribution in [0.4, 0.5) is 5.69 Å². The van der Waals surface area contributed by atoms with E-state index in [9.17, 15) is 0 Å². The molecule has 1 heterocycles. The molecule has 0 saturated heterocycles.